The highest BCUT2D eigenvalue weighted by Gasteiger charge is 2.29. The van der Waals surface area contributed by atoms with Gasteiger partial charge in [-0.1, -0.05) is 18.5 Å². The van der Waals surface area contributed by atoms with Crippen molar-refractivity contribution in [1.82, 2.24) is 29.5 Å². The van der Waals surface area contributed by atoms with E-state index in [4.69, 9.17) is 26.3 Å². The van der Waals surface area contributed by atoms with Crippen LogP contribution in [0.2, 0.25) is 5.02 Å². The summed E-state index contributed by atoms with van der Waals surface area (Å²) in [6, 6.07) is 7.72. The lowest BCUT2D eigenvalue weighted by Gasteiger charge is -2.35. The number of aromatic nitrogens is 4. The number of hydrogen-bond donors (Lipinski definition) is 2. The van der Waals surface area contributed by atoms with Gasteiger partial charge >= 0.3 is 5.97 Å². The molecule has 2 saturated heterocycles. The molecule has 0 spiro atoms. The Morgan fingerprint density at radius 1 is 1.07 bits per heavy atom. The molecule has 3 aromatic rings. The molecule has 0 bridgehead atoms. The number of ether oxygens (including phenoxy) is 1. The number of amides is 1. The van der Waals surface area contributed by atoms with Crippen LogP contribution >= 0.6 is 11.6 Å². The maximum Gasteiger partial charge on any atom is 0.313 e. The zero-order valence-corrected chi connectivity index (χ0v) is 27.2. The van der Waals surface area contributed by atoms with Gasteiger partial charge in [-0.05, 0) is 58.9 Å². The zero-order valence-electron chi connectivity index (χ0n) is 26.4. The number of esters is 1. The van der Waals surface area contributed by atoms with E-state index in [1.54, 1.807) is 30.4 Å². The second-order valence-corrected chi connectivity index (χ2v) is 12.9. The molecule has 0 aliphatic carbocycles. The molecule has 0 radical (unpaired) electrons. The molecule has 1 amide bonds. The largest absolute Gasteiger partial charge is 0.442 e. The van der Waals surface area contributed by atoms with Crippen LogP contribution in [0.3, 0.4) is 0 Å². The first-order valence-corrected chi connectivity index (χ1v) is 15.6. The number of halogens is 2. The van der Waals surface area contributed by atoms with Crippen LogP contribution in [-0.4, -0.2) is 93.3 Å². The number of nitrogens with one attached hydrogen (secondary N) is 2. The van der Waals surface area contributed by atoms with Crippen molar-refractivity contribution in [2.24, 2.45) is 5.41 Å². The second kappa shape index (κ2) is 13.6. The number of piperazine rings is 1. The molecule has 1 aromatic carbocycles. The van der Waals surface area contributed by atoms with Crippen molar-refractivity contribution in [3.8, 4) is 0 Å². The SMILES string of the molecule is CCN1CCN(c2cc(Nc3cc(C)n(COC(=O)C(C)(C)C)n3)nc(N[C@H]3CCN(C(=O)c4ccc(Cl)cc4F)C3)n2)CC1. The summed E-state index contributed by atoms with van der Waals surface area (Å²) in [5.41, 5.74) is 0.204. The van der Waals surface area contributed by atoms with Crippen molar-refractivity contribution in [2.45, 2.75) is 53.8 Å². The molecule has 2 fully saturated rings. The van der Waals surface area contributed by atoms with Gasteiger partial charge in [-0.25, -0.2) is 9.07 Å². The molecule has 14 heteroatoms. The fourth-order valence-corrected chi connectivity index (χ4v) is 5.42. The van der Waals surface area contributed by atoms with Gasteiger partial charge in [0.05, 0.1) is 11.0 Å². The highest BCUT2D eigenvalue weighted by Crippen LogP contribution is 2.25. The smallest absolute Gasteiger partial charge is 0.313 e. The predicted molar refractivity (Wildman–Crippen MR) is 171 cm³/mol. The summed E-state index contributed by atoms with van der Waals surface area (Å²) in [4.78, 5) is 41.1. The minimum Gasteiger partial charge on any atom is -0.442 e. The molecule has 0 unspecified atom stereocenters. The van der Waals surface area contributed by atoms with E-state index in [2.05, 4.69) is 32.5 Å². The molecule has 2 N–H and O–H groups in total. The maximum atomic E-state index is 14.4. The summed E-state index contributed by atoms with van der Waals surface area (Å²) in [7, 11) is 0. The van der Waals surface area contributed by atoms with Crippen molar-refractivity contribution >= 4 is 46.9 Å². The van der Waals surface area contributed by atoms with E-state index in [0.717, 1.165) is 50.3 Å². The fraction of sp³-hybridized carbons (Fsp3) is 0.516. The van der Waals surface area contributed by atoms with Gasteiger partial charge in [0.1, 0.15) is 17.5 Å². The number of anilines is 4. The topological polar surface area (TPSA) is 121 Å². The first kappa shape index (κ1) is 32.4. The van der Waals surface area contributed by atoms with Crippen LogP contribution < -0.4 is 15.5 Å². The standard InChI is InChI=1S/C31H41ClFN9O3/c1-6-39-11-13-40(14-12-39)27-17-25(35-26-15-20(2)42(38-26)19-45-29(44)31(3,4)5)36-30(37-27)34-22-9-10-41(18-22)28(43)23-8-7-21(32)16-24(23)33/h7-8,15-17,22H,6,9-14,18-19H2,1-5H3,(H2,34,35,36,37,38)/t22-/m0/s1. The van der Waals surface area contributed by atoms with Gasteiger partial charge in [0, 0.05) is 68.2 Å². The zero-order chi connectivity index (χ0) is 32.3. The van der Waals surface area contributed by atoms with Crippen molar-refractivity contribution in [3.63, 3.8) is 0 Å². The quantitative estimate of drug-likeness (QED) is 0.322. The Morgan fingerprint density at radius 2 is 1.82 bits per heavy atom. The van der Waals surface area contributed by atoms with E-state index < -0.39 is 11.2 Å². The average Bonchev–Trinajstić information content (AvgIpc) is 3.60. The number of nitrogens with zero attached hydrogens (tertiary/aromatic N) is 7. The molecule has 5 rings (SSSR count). The van der Waals surface area contributed by atoms with Crippen LogP contribution in [0.4, 0.5) is 27.8 Å². The summed E-state index contributed by atoms with van der Waals surface area (Å²) in [6.07, 6.45) is 0.656. The third-order valence-corrected chi connectivity index (χ3v) is 8.23. The van der Waals surface area contributed by atoms with E-state index in [0.29, 0.717) is 37.1 Å². The molecule has 45 heavy (non-hydrogen) atoms. The van der Waals surface area contributed by atoms with Crippen LogP contribution in [0.25, 0.3) is 0 Å². The molecular formula is C31H41ClFN9O3. The third kappa shape index (κ3) is 8.01. The predicted octanol–water partition coefficient (Wildman–Crippen LogP) is 4.53. The second-order valence-electron chi connectivity index (χ2n) is 12.5. The highest BCUT2D eigenvalue weighted by molar-refractivity contribution is 6.30. The van der Waals surface area contributed by atoms with E-state index in [1.165, 1.54) is 12.1 Å². The van der Waals surface area contributed by atoms with Crippen molar-refractivity contribution < 1.29 is 18.7 Å². The van der Waals surface area contributed by atoms with Crippen LogP contribution in [-0.2, 0) is 16.3 Å². The number of aryl methyl sites for hydroxylation is 1. The van der Waals surface area contributed by atoms with Gasteiger partial charge in [0.2, 0.25) is 5.95 Å². The number of likely N-dealkylation sites (N-methyl/N-ethyl adjacent to an activating group) is 1. The van der Waals surface area contributed by atoms with Gasteiger partial charge in [0.25, 0.3) is 5.91 Å². The van der Waals surface area contributed by atoms with Gasteiger partial charge < -0.3 is 30.1 Å². The Hall–Kier alpha value is -3.97. The number of likely N-dealkylation sites (tertiary alicyclic amines) is 1. The molecule has 2 aliphatic rings. The van der Waals surface area contributed by atoms with E-state index in [9.17, 15) is 14.0 Å². The van der Waals surface area contributed by atoms with Crippen LogP contribution in [0.1, 0.15) is 50.2 Å². The van der Waals surface area contributed by atoms with E-state index in [1.807, 2.05) is 19.1 Å². The Balaban J connectivity index is 1.32. The number of carbonyl (C=O) groups excluding carboxylic acids is 2. The molecular weight excluding hydrogens is 601 g/mol. The van der Waals surface area contributed by atoms with Crippen molar-refractivity contribution in [3.05, 3.63) is 52.4 Å². The molecule has 1 atom stereocenters. The van der Waals surface area contributed by atoms with Gasteiger partial charge in [-0.2, -0.15) is 15.1 Å². The van der Waals surface area contributed by atoms with Gasteiger partial charge in [-0.3, -0.25) is 9.59 Å². The lowest BCUT2D eigenvalue weighted by atomic mass is 9.98. The summed E-state index contributed by atoms with van der Waals surface area (Å²) in [6.45, 7) is 14.8. The third-order valence-electron chi connectivity index (χ3n) is 7.99. The summed E-state index contributed by atoms with van der Waals surface area (Å²) in [5.74, 6) is 0.966. The minimum atomic E-state index is -0.635. The Labute approximate surface area is 267 Å². The Morgan fingerprint density at radius 3 is 2.51 bits per heavy atom. The molecule has 2 aromatic heterocycles. The monoisotopic (exact) mass is 641 g/mol. The summed E-state index contributed by atoms with van der Waals surface area (Å²) >= 11 is 5.87. The van der Waals surface area contributed by atoms with Crippen molar-refractivity contribution in [1.29, 1.82) is 0 Å². The van der Waals surface area contributed by atoms with Crippen LogP contribution in [0, 0.1) is 18.2 Å². The van der Waals surface area contributed by atoms with Crippen LogP contribution in [0.5, 0.6) is 0 Å². The summed E-state index contributed by atoms with van der Waals surface area (Å²) in [5, 5.41) is 11.5. The lowest BCUT2D eigenvalue weighted by Crippen LogP contribution is -2.46. The molecule has 0 saturated carbocycles. The molecule has 2 aliphatic heterocycles. The fourth-order valence-electron chi connectivity index (χ4n) is 5.27. The maximum absolute atomic E-state index is 14.4. The van der Waals surface area contributed by atoms with Gasteiger partial charge in [0.15, 0.2) is 12.5 Å². The normalized spacial score (nSPS) is 17.4. The molecule has 242 valence electrons. The van der Waals surface area contributed by atoms with Crippen LogP contribution in [0.15, 0.2) is 30.3 Å². The minimum absolute atomic E-state index is 0.00101. The Bertz CT molecular complexity index is 1530. The summed E-state index contributed by atoms with van der Waals surface area (Å²) < 4.78 is 21.5. The van der Waals surface area contributed by atoms with E-state index in [-0.39, 0.29) is 35.2 Å². The highest BCUT2D eigenvalue weighted by atomic mass is 35.5. The molecule has 12 nitrogen and oxygen atoms in total. The van der Waals surface area contributed by atoms with Gasteiger partial charge in [-0.15, -0.1) is 0 Å². The number of benzene rings is 1. The Kier molecular flexibility index (Phi) is 9.78. The average molecular weight is 642 g/mol. The number of rotatable bonds is 9. The van der Waals surface area contributed by atoms with E-state index >= 15 is 0 Å². The number of hydrogen-bond acceptors (Lipinski definition) is 10. The molecule has 4 heterocycles. The first-order valence-electron chi connectivity index (χ1n) is 15.3. The lowest BCUT2D eigenvalue weighted by molar-refractivity contribution is -0.157. The number of carbonyl (C=O) groups is 2. The van der Waals surface area contributed by atoms with Crippen molar-refractivity contribution in [2.75, 3.05) is 61.3 Å². The first-order chi connectivity index (χ1) is 21.4.